The molecule has 3 aromatic heterocycles. The summed E-state index contributed by atoms with van der Waals surface area (Å²) in [6.45, 7) is 0. The molecule has 3 heterocycles. The largest absolute Gasteiger partial charge is 0.309 e. The van der Waals surface area contributed by atoms with E-state index in [2.05, 4.69) is 215 Å². The maximum absolute atomic E-state index is 5.27. The molecule has 0 aliphatic carbocycles. The summed E-state index contributed by atoms with van der Waals surface area (Å²) in [5.74, 6) is 0.699. The Morgan fingerprint density at radius 3 is 1.45 bits per heavy atom. The third-order valence-corrected chi connectivity index (χ3v) is 11.9. The molecule has 280 valence electrons. The highest BCUT2D eigenvalue weighted by molar-refractivity contribution is 6.19. The topological polar surface area (TPSA) is 35.6 Å². The quantitative estimate of drug-likeness (QED) is 0.169. The first-order valence-electron chi connectivity index (χ1n) is 20.4. The second-order valence-electron chi connectivity index (χ2n) is 15.4. The minimum absolute atomic E-state index is 0.699. The first-order chi connectivity index (χ1) is 29.7. The van der Waals surface area contributed by atoms with Crippen molar-refractivity contribution in [1.82, 2.24) is 19.1 Å². The highest BCUT2D eigenvalue weighted by atomic mass is 15.0. The maximum atomic E-state index is 5.27. The van der Waals surface area contributed by atoms with Gasteiger partial charge in [-0.1, -0.05) is 164 Å². The standard InChI is InChI=1S/C56H36N4/c1-4-15-37(16-5-1)38-27-29-40(30-28-38)51-35-50(39-17-6-2-7-18-39)57-56(58-51)47-24-14-19-41-33-43(31-32-44(41)47)60-53-26-13-11-23-46(53)49-34-48-45-22-10-12-25-52(45)59(54(48)36-55(49)60)42-20-8-3-9-21-42/h1-36H. The fraction of sp³-hybridized carbons (Fsp3) is 0. The van der Waals surface area contributed by atoms with E-state index in [1.165, 1.54) is 54.7 Å². The van der Waals surface area contributed by atoms with Gasteiger partial charge in [0.25, 0.3) is 0 Å². The summed E-state index contributed by atoms with van der Waals surface area (Å²) in [6.07, 6.45) is 0. The molecule has 0 saturated carbocycles. The van der Waals surface area contributed by atoms with Crippen LogP contribution in [0.25, 0.3) is 111 Å². The van der Waals surface area contributed by atoms with Crippen molar-refractivity contribution in [2.45, 2.75) is 0 Å². The molecule has 0 spiro atoms. The van der Waals surface area contributed by atoms with E-state index in [1.807, 2.05) is 12.1 Å². The van der Waals surface area contributed by atoms with Crippen molar-refractivity contribution in [2.75, 3.05) is 0 Å². The Morgan fingerprint density at radius 1 is 0.283 bits per heavy atom. The normalized spacial score (nSPS) is 11.7. The molecule has 0 radical (unpaired) electrons. The van der Waals surface area contributed by atoms with Crippen LogP contribution < -0.4 is 0 Å². The Hall–Kier alpha value is -8.08. The Bertz CT molecular complexity index is 3570. The lowest BCUT2D eigenvalue weighted by Crippen LogP contribution is -1.98. The van der Waals surface area contributed by atoms with Gasteiger partial charge in [-0.25, -0.2) is 9.97 Å². The van der Waals surface area contributed by atoms with E-state index in [9.17, 15) is 0 Å². The van der Waals surface area contributed by atoms with E-state index >= 15 is 0 Å². The monoisotopic (exact) mass is 764 g/mol. The highest BCUT2D eigenvalue weighted by Crippen LogP contribution is 2.41. The first-order valence-corrected chi connectivity index (χ1v) is 20.4. The van der Waals surface area contributed by atoms with Crippen LogP contribution >= 0.6 is 0 Å². The zero-order chi connectivity index (χ0) is 39.6. The van der Waals surface area contributed by atoms with Crippen molar-refractivity contribution in [3.8, 4) is 56.4 Å². The Kier molecular flexibility index (Phi) is 7.82. The second kappa shape index (κ2) is 13.8. The van der Waals surface area contributed by atoms with Crippen LogP contribution in [0.2, 0.25) is 0 Å². The van der Waals surface area contributed by atoms with Gasteiger partial charge in [-0.3, -0.25) is 0 Å². The van der Waals surface area contributed by atoms with E-state index in [-0.39, 0.29) is 0 Å². The van der Waals surface area contributed by atoms with Crippen molar-refractivity contribution in [3.05, 3.63) is 218 Å². The fourth-order valence-corrected chi connectivity index (χ4v) is 9.11. The number of rotatable bonds is 6. The van der Waals surface area contributed by atoms with Crippen molar-refractivity contribution < 1.29 is 0 Å². The summed E-state index contributed by atoms with van der Waals surface area (Å²) >= 11 is 0. The Labute approximate surface area is 346 Å². The molecule has 0 atom stereocenters. The zero-order valence-electron chi connectivity index (χ0n) is 32.6. The van der Waals surface area contributed by atoms with Gasteiger partial charge < -0.3 is 9.13 Å². The molecule has 0 amide bonds. The Morgan fingerprint density at radius 2 is 0.800 bits per heavy atom. The summed E-state index contributed by atoms with van der Waals surface area (Å²) in [6, 6.07) is 77.9. The molecule has 9 aromatic carbocycles. The fourth-order valence-electron chi connectivity index (χ4n) is 9.11. The molecular formula is C56H36N4. The van der Waals surface area contributed by atoms with Gasteiger partial charge in [0.2, 0.25) is 0 Å². The van der Waals surface area contributed by atoms with Gasteiger partial charge in [0.15, 0.2) is 5.82 Å². The van der Waals surface area contributed by atoms with Gasteiger partial charge in [0.05, 0.1) is 33.5 Å². The van der Waals surface area contributed by atoms with Gasteiger partial charge in [-0.2, -0.15) is 0 Å². The third kappa shape index (κ3) is 5.53. The molecular weight excluding hydrogens is 729 g/mol. The number of fused-ring (bicyclic) bond motifs is 7. The minimum atomic E-state index is 0.699. The van der Waals surface area contributed by atoms with Crippen LogP contribution in [-0.4, -0.2) is 19.1 Å². The highest BCUT2D eigenvalue weighted by Gasteiger charge is 2.19. The van der Waals surface area contributed by atoms with E-state index in [0.29, 0.717) is 5.82 Å². The van der Waals surface area contributed by atoms with E-state index in [0.717, 1.165) is 50.2 Å². The van der Waals surface area contributed by atoms with Gasteiger partial charge in [-0.15, -0.1) is 0 Å². The minimum Gasteiger partial charge on any atom is -0.309 e. The second-order valence-corrected chi connectivity index (χ2v) is 15.4. The number of nitrogens with zero attached hydrogens (tertiary/aromatic N) is 4. The third-order valence-electron chi connectivity index (χ3n) is 11.9. The smallest absolute Gasteiger partial charge is 0.161 e. The van der Waals surface area contributed by atoms with Crippen LogP contribution in [0.3, 0.4) is 0 Å². The Balaban J connectivity index is 1.03. The molecule has 0 saturated heterocycles. The summed E-state index contributed by atoms with van der Waals surface area (Å²) in [7, 11) is 0. The van der Waals surface area contributed by atoms with Gasteiger partial charge in [0.1, 0.15) is 0 Å². The van der Waals surface area contributed by atoms with Gasteiger partial charge in [-0.05, 0) is 76.5 Å². The van der Waals surface area contributed by atoms with Gasteiger partial charge >= 0.3 is 0 Å². The number of para-hydroxylation sites is 3. The van der Waals surface area contributed by atoms with Crippen LogP contribution in [0.1, 0.15) is 0 Å². The van der Waals surface area contributed by atoms with Crippen LogP contribution in [0, 0.1) is 0 Å². The summed E-state index contributed by atoms with van der Waals surface area (Å²) < 4.78 is 4.82. The molecule has 0 aliphatic rings. The number of hydrogen-bond donors (Lipinski definition) is 0. The summed E-state index contributed by atoms with van der Waals surface area (Å²) in [5, 5.41) is 7.19. The average molecular weight is 765 g/mol. The SMILES string of the molecule is c1ccc(-c2ccc(-c3cc(-c4ccccc4)nc(-c4cccc5cc(-n6c7ccccc7c7cc8c9ccccc9n(-c9ccccc9)c8cc76)ccc45)n3)cc2)cc1. The van der Waals surface area contributed by atoms with Crippen molar-refractivity contribution in [1.29, 1.82) is 0 Å². The molecule has 0 unspecified atom stereocenters. The molecule has 12 aromatic rings. The predicted molar refractivity (Wildman–Crippen MR) is 250 cm³/mol. The average Bonchev–Trinajstić information content (AvgIpc) is 3.83. The van der Waals surface area contributed by atoms with E-state index < -0.39 is 0 Å². The molecule has 0 aliphatic heterocycles. The number of benzene rings is 9. The molecule has 0 bridgehead atoms. The van der Waals surface area contributed by atoms with Crippen LogP contribution in [0.4, 0.5) is 0 Å². The van der Waals surface area contributed by atoms with E-state index in [4.69, 9.17) is 9.97 Å². The lowest BCUT2D eigenvalue weighted by atomic mass is 10.0. The molecule has 0 fully saturated rings. The lowest BCUT2D eigenvalue weighted by Gasteiger charge is -2.13. The zero-order valence-corrected chi connectivity index (χ0v) is 32.6. The summed E-state index contributed by atoms with van der Waals surface area (Å²) in [5.41, 5.74) is 14.2. The first kappa shape index (κ1) is 34.0. The van der Waals surface area contributed by atoms with Gasteiger partial charge in [0, 0.05) is 49.6 Å². The van der Waals surface area contributed by atoms with Crippen molar-refractivity contribution in [3.63, 3.8) is 0 Å². The molecule has 12 rings (SSSR count). The summed E-state index contributed by atoms with van der Waals surface area (Å²) in [4.78, 5) is 10.5. The van der Waals surface area contributed by atoms with Crippen LogP contribution in [-0.2, 0) is 0 Å². The molecule has 4 nitrogen and oxygen atoms in total. The van der Waals surface area contributed by atoms with Crippen LogP contribution in [0.15, 0.2) is 218 Å². The van der Waals surface area contributed by atoms with Crippen molar-refractivity contribution >= 4 is 54.4 Å². The molecule has 0 N–H and O–H groups in total. The van der Waals surface area contributed by atoms with Crippen LogP contribution in [0.5, 0.6) is 0 Å². The lowest BCUT2D eigenvalue weighted by molar-refractivity contribution is 1.17. The molecule has 60 heavy (non-hydrogen) atoms. The van der Waals surface area contributed by atoms with E-state index in [1.54, 1.807) is 0 Å². The molecule has 4 heteroatoms. The number of hydrogen-bond acceptors (Lipinski definition) is 2. The number of aromatic nitrogens is 4. The maximum Gasteiger partial charge on any atom is 0.161 e. The predicted octanol–water partition coefficient (Wildman–Crippen LogP) is 14.5. The van der Waals surface area contributed by atoms with Crippen molar-refractivity contribution in [2.24, 2.45) is 0 Å².